The molecule has 0 aromatic heterocycles. The molecule has 120 valence electrons. The molecule has 4 heteroatoms. The van der Waals surface area contributed by atoms with Gasteiger partial charge in [-0.2, -0.15) is 0 Å². The van der Waals surface area contributed by atoms with E-state index in [1.54, 1.807) is 0 Å². The van der Waals surface area contributed by atoms with Crippen molar-refractivity contribution in [3.8, 4) is 0 Å². The average molecular weight is 301 g/mol. The maximum absolute atomic E-state index is 12.6. The average Bonchev–Trinajstić information content (AvgIpc) is 3.07. The van der Waals surface area contributed by atoms with Gasteiger partial charge >= 0.3 is 6.03 Å². The summed E-state index contributed by atoms with van der Waals surface area (Å²) in [6.07, 6.45) is 7.31. The van der Waals surface area contributed by atoms with Crippen molar-refractivity contribution in [1.29, 1.82) is 0 Å². The van der Waals surface area contributed by atoms with Crippen LogP contribution in [0.25, 0.3) is 0 Å². The first-order chi connectivity index (χ1) is 10.8. The molecule has 0 aliphatic carbocycles. The molecule has 1 aromatic rings. The van der Waals surface area contributed by atoms with Crippen molar-refractivity contribution in [2.24, 2.45) is 0 Å². The Morgan fingerprint density at radius 2 is 1.77 bits per heavy atom. The number of nitrogens with zero attached hydrogens (tertiary/aromatic N) is 2. The van der Waals surface area contributed by atoms with E-state index in [4.69, 9.17) is 0 Å². The lowest BCUT2D eigenvalue weighted by Crippen LogP contribution is -2.47. The number of likely N-dealkylation sites (tertiary alicyclic amines) is 2. The second-order valence-electron chi connectivity index (χ2n) is 6.48. The number of hydrogen-bond acceptors (Lipinski definition) is 2. The smallest absolute Gasteiger partial charge is 0.322 e. The van der Waals surface area contributed by atoms with E-state index >= 15 is 0 Å². The molecule has 0 unspecified atom stereocenters. The topological polar surface area (TPSA) is 35.6 Å². The molecule has 0 radical (unpaired) electrons. The number of piperidine rings is 1. The van der Waals surface area contributed by atoms with Gasteiger partial charge in [0.1, 0.15) is 0 Å². The van der Waals surface area contributed by atoms with Gasteiger partial charge in [-0.25, -0.2) is 4.79 Å². The highest BCUT2D eigenvalue weighted by molar-refractivity contribution is 5.89. The van der Waals surface area contributed by atoms with Gasteiger partial charge in [0.05, 0.1) is 0 Å². The number of anilines is 1. The van der Waals surface area contributed by atoms with Gasteiger partial charge in [-0.15, -0.1) is 0 Å². The van der Waals surface area contributed by atoms with E-state index in [0.29, 0.717) is 6.04 Å². The van der Waals surface area contributed by atoms with E-state index in [2.05, 4.69) is 15.1 Å². The fourth-order valence-electron chi connectivity index (χ4n) is 3.62. The summed E-state index contributed by atoms with van der Waals surface area (Å²) >= 11 is 0. The van der Waals surface area contributed by atoms with Crippen molar-refractivity contribution in [3.63, 3.8) is 0 Å². The third-order valence-corrected chi connectivity index (χ3v) is 4.89. The largest absolute Gasteiger partial charge is 0.322 e. The van der Waals surface area contributed by atoms with E-state index in [9.17, 15) is 4.79 Å². The summed E-state index contributed by atoms with van der Waals surface area (Å²) in [5, 5.41) is 3.04. The molecule has 1 N–H and O–H groups in total. The van der Waals surface area contributed by atoms with Crippen LogP contribution in [0.2, 0.25) is 0 Å². The Kier molecular flexibility index (Phi) is 5.33. The Hall–Kier alpha value is -1.55. The van der Waals surface area contributed by atoms with Crippen molar-refractivity contribution in [2.75, 3.05) is 31.5 Å². The number of para-hydroxylation sites is 1. The summed E-state index contributed by atoms with van der Waals surface area (Å²) in [6, 6.07) is 10.2. The monoisotopic (exact) mass is 301 g/mol. The van der Waals surface area contributed by atoms with Crippen LogP contribution in [0.1, 0.15) is 38.5 Å². The number of benzene rings is 1. The number of urea groups is 1. The quantitative estimate of drug-likeness (QED) is 0.923. The van der Waals surface area contributed by atoms with Gasteiger partial charge in [-0.1, -0.05) is 18.2 Å². The lowest BCUT2D eigenvalue weighted by atomic mass is 9.99. The predicted octanol–water partition coefficient (Wildman–Crippen LogP) is 3.56. The van der Waals surface area contributed by atoms with E-state index in [1.165, 1.54) is 32.4 Å². The summed E-state index contributed by atoms with van der Waals surface area (Å²) in [6.45, 7) is 4.51. The lowest BCUT2D eigenvalue weighted by molar-refractivity contribution is 0.149. The van der Waals surface area contributed by atoms with Crippen molar-refractivity contribution >= 4 is 11.7 Å². The van der Waals surface area contributed by atoms with Crippen molar-refractivity contribution in [1.82, 2.24) is 9.80 Å². The Bertz CT molecular complexity index is 470. The fourth-order valence-corrected chi connectivity index (χ4v) is 3.62. The molecular formula is C18H27N3O. The zero-order valence-electron chi connectivity index (χ0n) is 13.3. The summed E-state index contributed by atoms with van der Waals surface area (Å²) < 4.78 is 0. The summed E-state index contributed by atoms with van der Waals surface area (Å²) in [7, 11) is 0. The van der Waals surface area contributed by atoms with Gasteiger partial charge in [0, 0.05) is 24.8 Å². The minimum Gasteiger partial charge on any atom is -0.322 e. The Balaban J connectivity index is 1.55. The van der Waals surface area contributed by atoms with Gasteiger partial charge in [0.15, 0.2) is 0 Å². The molecule has 2 aliphatic heterocycles. The molecule has 1 aromatic carbocycles. The van der Waals surface area contributed by atoms with Gasteiger partial charge in [-0.3, -0.25) is 0 Å². The zero-order valence-corrected chi connectivity index (χ0v) is 13.3. The van der Waals surface area contributed by atoms with Crippen LogP contribution < -0.4 is 5.32 Å². The van der Waals surface area contributed by atoms with E-state index in [0.717, 1.165) is 38.0 Å². The molecule has 3 rings (SSSR count). The maximum Gasteiger partial charge on any atom is 0.322 e. The lowest BCUT2D eigenvalue weighted by Gasteiger charge is -2.36. The molecule has 2 fully saturated rings. The van der Waals surface area contributed by atoms with Crippen LogP contribution in [0.3, 0.4) is 0 Å². The Morgan fingerprint density at radius 1 is 1.05 bits per heavy atom. The molecule has 0 bridgehead atoms. The van der Waals surface area contributed by atoms with Gasteiger partial charge in [0.2, 0.25) is 0 Å². The first-order valence-electron chi connectivity index (χ1n) is 8.68. The molecule has 2 saturated heterocycles. The van der Waals surface area contributed by atoms with Crippen molar-refractivity contribution < 1.29 is 4.79 Å². The van der Waals surface area contributed by atoms with Crippen molar-refractivity contribution in [3.05, 3.63) is 30.3 Å². The Labute approximate surface area is 133 Å². The molecule has 22 heavy (non-hydrogen) atoms. The number of nitrogens with one attached hydrogen (secondary N) is 1. The molecule has 0 saturated carbocycles. The van der Waals surface area contributed by atoms with Crippen LogP contribution in [0.5, 0.6) is 0 Å². The van der Waals surface area contributed by atoms with Crippen LogP contribution >= 0.6 is 0 Å². The van der Waals surface area contributed by atoms with E-state index < -0.39 is 0 Å². The number of amides is 2. The number of carbonyl (C=O) groups is 1. The SMILES string of the molecule is O=C(Nc1ccccc1)N1CCCC[C@H]1CCN1CCCC1. The first-order valence-corrected chi connectivity index (χ1v) is 8.68. The van der Waals surface area contributed by atoms with E-state index in [1.807, 2.05) is 30.3 Å². The predicted molar refractivity (Wildman–Crippen MR) is 90.1 cm³/mol. The molecule has 1 atom stereocenters. The highest BCUT2D eigenvalue weighted by Crippen LogP contribution is 2.22. The molecule has 2 aliphatic rings. The van der Waals surface area contributed by atoms with Crippen LogP contribution in [0.15, 0.2) is 30.3 Å². The Morgan fingerprint density at radius 3 is 2.55 bits per heavy atom. The minimum atomic E-state index is 0.0670. The number of carbonyl (C=O) groups excluding carboxylic acids is 1. The van der Waals surface area contributed by atoms with Crippen LogP contribution in [0, 0.1) is 0 Å². The maximum atomic E-state index is 12.6. The van der Waals surface area contributed by atoms with Crippen molar-refractivity contribution in [2.45, 2.75) is 44.6 Å². The van der Waals surface area contributed by atoms with Gasteiger partial charge < -0.3 is 15.1 Å². The second-order valence-corrected chi connectivity index (χ2v) is 6.48. The van der Waals surface area contributed by atoms with Crippen LogP contribution in [0.4, 0.5) is 10.5 Å². The molecule has 2 heterocycles. The summed E-state index contributed by atoms with van der Waals surface area (Å²) in [5.74, 6) is 0. The zero-order chi connectivity index (χ0) is 15.2. The minimum absolute atomic E-state index is 0.0670. The summed E-state index contributed by atoms with van der Waals surface area (Å²) in [5.41, 5.74) is 0.886. The fraction of sp³-hybridized carbons (Fsp3) is 0.611. The molecular weight excluding hydrogens is 274 g/mol. The number of hydrogen-bond donors (Lipinski definition) is 1. The summed E-state index contributed by atoms with van der Waals surface area (Å²) in [4.78, 5) is 17.2. The van der Waals surface area contributed by atoms with E-state index in [-0.39, 0.29) is 6.03 Å². The normalized spacial score (nSPS) is 22.7. The van der Waals surface area contributed by atoms with Gasteiger partial charge in [0.25, 0.3) is 0 Å². The molecule has 0 spiro atoms. The molecule has 4 nitrogen and oxygen atoms in total. The highest BCUT2D eigenvalue weighted by Gasteiger charge is 2.27. The highest BCUT2D eigenvalue weighted by atomic mass is 16.2. The standard InChI is InChI=1S/C18H27N3O/c22-18(19-16-8-2-1-3-9-16)21-14-5-4-10-17(21)11-15-20-12-6-7-13-20/h1-3,8-9,17H,4-7,10-15H2,(H,19,22)/t17-/m0/s1. The van der Waals surface area contributed by atoms with Gasteiger partial charge in [-0.05, 0) is 63.7 Å². The first kappa shape index (κ1) is 15.3. The second kappa shape index (κ2) is 7.63. The third kappa shape index (κ3) is 4.01. The van der Waals surface area contributed by atoms with Crippen LogP contribution in [-0.4, -0.2) is 48.1 Å². The third-order valence-electron chi connectivity index (χ3n) is 4.89. The number of rotatable bonds is 4. The molecule has 2 amide bonds. The van der Waals surface area contributed by atoms with Crippen LogP contribution in [-0.2, 0) is 0 Å².